The number of hydrogen-bond acceptors (Lipinski definition) is 4. The number of carbonyl (C=O) groups excluding carboxylic acids is 1. The monoisotopic (exact) mass is 370 g/mol. The molecule has 2 rings (SSSR count). The molecule has 1 N–H and O–H groups in total. The van der Waals surface area contributed by atoms with Gasteiger partial charge in [0.25, 0.3) is 0 Å². The summed E-state index contributed by atoms with van der Waals surface area (Å²) in [7, 11) is 7.14. The minimum absolute atomic E-state index is 0. The Bertz CT molecular complexity index is 755. The van der Waals surface area contributed by atoms with Crippen molar-refractivity contribution in [3.05, 3.63) is 42.0 Å². The van der Waals surface area contributed by atoms with Gasteiger partial charge in [0.05, 0.1) is 28.3 Å². The van der Waals surface area contributed by atoms with E-state index in [9.17, 15) is 14.7 Å². The van der Waals surface area contributed by atoms with Crippen molar-refractivity contribution in [2.45, 2.75) is 12.8 Å². The van der Waals surface area contributed by atoms with Crippen LogP contribution in [0.3, 0.4) is 0 Å². The van der Waals surface area contributed by atoms with Crippen LogP contribution in [-0.4, -0.2) is 56.3 Å². The maximum absolute atomic E-state index is 10.8. The number of carboxylic acid groups (broad SMARTS) is 2. The van der Waals surface area contributed by atoms with Crippen LogP contribution in [0.2, 0.25) is 0 Å². The standard InChI is InChI=1S/C14H14O3.C5H11NO2.Na/c1-9(14(15)16)10-3-4-12-8-13(17-2)6-5-11(12)7-10;1-6(2,3)4-5(7)8;/h3-9H,1-2H3,(H,15,16);4H2,1-3H3;/q;;+1/t9-;;/m1../s1. The minimum Gasteiger partial charge on any atom is -0.550 e. The number of aliphatic carboxylic acids is 2. The fourth-order valence-electron chi connectivity index (χ4n) is 2.18. The number of likely N-dealkylation sites (N-methyl/N-ethyl adjacent to an activating group) is 1. The number of ether oxygens (including phenoxy) is 1. The smallest absolute Gasteiger partial charge is 0.550 e. The molecular weight excluding hydrogens is 345 g/mol. The normalized spacial score (nSPS) is 11.6. The van der Waals surface area contributed by atoms with Crippen LogP contribution in [0.5, 0.6) is 5.75 Å². The van der Waals surface area contributed by atoms with Crippen molar-refractivity contribution in [3.63, 3.8) is 0 Å². The van der Waals surface area contributed by atoms with Crippen LogP contribution < -0.4 is 39.4 Å². The summed E-state index contributed by atoms with van der Waals surface area (Å²) in [6.45, 7) is 1.81. The third-order valence-corrected chi connectivity index (χ3v) is 3.53. The Morgan fingerprint density at radius 2 is 1.65 bits per heavy atom. The number of carboxylic acids is 2. The second-order valence-electron chi connectivity index (χ2n) is 6.86. The molecule has 0 fully saturated rings. The third kappa shape index (κ3) is 8.19. The number of fused-ring (bicyclic) bond motifs is 1. The van der Waals surface area contributed by atoms with Crippen LogP contribution in [0.15, 0.2) is 36.4 Å². The number of benzene rings is 2. The van der Waals surface area contributed by atoms with Gasteiger partial charge in [0.2, 0.25) is 0 Å². The predicted octanol–water partition coefficient (Wildman–Crippen LogP) is -1.52. The van der Waals surface area contributed by atoms with Crippen molar-refractivity contribution in [3.8, 4) is 5.75 Å². The summed E-state index contributed by atoms with van der Waals surface area (Å²) in [5, 5.41) is 21.1. The van der Waals surface area contributed by atoms with E-state index in [0.717, 1.165) is 22.1 Å². The first kappa shape index (κ1) is 24.4. The van der Waals surface area contributed by atoms with Gasteiger partial charge in [-0.05, 0) is 28.5 Å². The summed E-state index contributed by atoms with van der Waals surface area (Å²) in [6.07, 6.45) is 0. The van der Waals surface area contributed by atoms with Gasteiger partial charge < -0.3 is 24.2 Å². The van der Waals surface area contributed by atoms with Crippen LogP contribution in [-0.2, 0) is 9.59 Å². The van der Waals surface area contributed by atoms with E-state index in [1.165, 1.54) is 0 Å². The van der Waals surface area contributed by atoms with Crippen LogP contribution in [0.4, 0.5) is 0 Å². The molecule has 0 amide bonds. The molecule has 0 aliphatic carbocycles. The van der Waals surface area contributed by atoms with Crippen molar-refractivity contribution in [1.29, 1.82) is 0 Å². The Morgan fingerprint density at radius 1 is 1.12 bits per heavy atom. The van der Waals surface area contributed by atoms with E-state index in [1.54, 1.807) is 14.0 Å². The summed E-state index contributed by atoms with van der Waals surface area (Å²) in [5.74, 6) is -1.62. The van der Waals surface area contributed by atoms with Crippen LogP contribution in [0, 0.1) is 0 Å². The van der Waals surface area contributed by atoms with Crippen molar-refractivity contribution >= 4 is 22.7 Å². The van der Waals surface area contributed by atoms with Crippen molar-refractivity contribution in [2.75, 3.05) is 34.8 Å². The van der Waals surface area contributed by atoms with E-state index < -0.39 is 17.9 Å². The molecule has 2 aromatic carbocycles. The van der Waals surface area contributed by atoms with Gasteiger partial charge in [-0.25, -0.2) is 4.79 Å². The van der Waals surface area contributed by atoms with Gasteiger partial charge in [-0.2, -0.15) is 0 Å². The maximum Gasteiger partial charge on any atom is 1.00 e. The Kier molecular flexibility index (Phi) is 9.88. The van der Waals surface area contributed by atoms with E-state index in [-0.39, 0.29) is 36.1 Å². The molecule has 7 heteroatoms. The van der Waals surface area contributed by atoms with Gasteiger partial charge in [-0.1, -0.05) is 31.2 Å². The second kappa shape index (κ2) is 10.5. The van der Waals surface area contributed by atoms with Gasteiger partial charge >= 0.3 is 35.5 Å². The molecule has 0 aliphatic heterocycles. The second-order valence-corrected chi connectivity index (χ2v) is 6.86. The molecule has 0 radical (unpaired) electrons. The minimum atomic E-state index is -1.06. The van der Waals surface area contributed by atoms with Gasteiger partial charge in [0.15, 0.2) is 6.54 Å². The van der Waals surface area contributed by atoms with Gasteiger partial charge in [-0.3, -0.25) is 0 Å². The zero-order valence-corrected chi connectivity index (χ0v) is 18.3. The molecule has 0 bridgehead atoms. The van der Waals surface area contributed by atoms with E-state index in [1.807, 2.05) is 57.5 Å². The number of hydrogen-bond donors (Lipinski definition) is 1. The van der Waals surface area contributed by atoms with Gasteiger partial charge in [0.1, 0.15) is 5.75 Å². The fraction of sp³-hybridized carbons (Fsp3) is 0.368. The van der Waals surface area contributed by atoms with Crippen LogP contribution in [0.1, 0.15) is 18.4 Å². The predicted molar refractivity (Wildman–Crippen MR) is 94.5 cm³/mol. The van der Waals surface area contributed by atoms with E-state index in [0.29, 0.717) is 4.48 Å². The molecule has 1 atom stereocenters. The molecule has 0 saturated carbocycles. The Balaban J connectivity index is 0.000000597. The van der Waals surface area contributed by atoms with Gasteiger partial charge in [-0.15, -0.1) is 0 Å². The first-order valence-electron chi connectivity index (χ1n) is 7.84. The van der Waals surface area contributed by atoms with E-state index in [4.69, 9.17) is 9.84 Å². The Labute approximate surface area is 176 Å². The molecule has 0 aromatic heterocycles. The zero-order valence-electron chi connectivity index (χ0n) is 16.3. The molecule has 6 nitrogen and oxygen atoms in total. The molecular formula is C19H25NNaO5+. The Hall–Kier alpha value is -1.60. The fourth-order valence-corrected chi connectivity index (χ4v) is 2.18. The molecule has 136 valence electrons. The van der Waals surface area contributed by atoms with E-state index >= 15 is 0 Å². The average molecular weight is 370 g/mol. The SMILES string of the molecule is COc1ccc2cc([C@@H](C)C(=O)[O-])ccc2c1.C[N+](C)(C)CC(=O)O.[Na+]. The Morgan fingerprint density at radius 3 is 2.08 bits per heavy atom. The molecule has 0 unspecified atom stereocenters. The largest absolute Gasteiger partial charge is 1.00 e. The molecule has 0 spiro atoms. The topological polar surface area (TPSA) is 86.7 Å². The maximum atomic E-state index is 10.8. The summed E-state index contributed by atoms with van der Waals surface area (Å²) in [6, 6.07) is 11.3. The van der Waals surface area contributed by atoms with Gasteiger partial charge in [0, 0.05) is 11.9 Å². The average Bonchev–Trinajstić information content (AvgIpc) is 2.51. The summed E-state index contributed by atoms with van der Waals surface area (Å²) >= 11 is 0. The third-order valence-electron chi connectivity index (χ3n) is 3.53. The molecule has 2 aromatic rings. The number of quaternary nitrogens is 1. The molecule has 0 saturated heterocycles. The number of carbonyl (C=O) groups is 2. The molecule has 0 aliphatic rings. The van der Waals surface area contributed by atoms with E-state index in [2.05, 4.69) is 0 Å². The summed E-state index contributed by atoms with van der Waals surface area (Å²) in [4.78, 5) is 20.8. The van der Waals surface area contributed by atoms with Crippen LogP contribution >= 0.6 is 0 Å². The first-order valence-corrected chi connectivity index (χ1v) is 7.84. The summed E-state index contributed by atoms with van der Waals surface area (Å²) < 4.78 is 5.62. The number of methoxy groups -OCH3 is 1. The van der Waals surface area contributed by atoms with Crippen molar-refractivity contribution < 1.29 is 58.6 Å². The number of nitrogens with zero attached hydrogens (tertiary/aromatic N) is 1. The van der Waals surface area contributed by atoms with Crippen molar-refractivity contribution in [2.24, 2.45) is 0 Å². The molecule has 0 heterocycles. The quantitative estimate of drug-likeness (QED) is 0.511. The molecule has 26 heavy (non-hydrogen) atoms. The van der Waals surface area contributed by atoms with Crippen molar-refractivity contribution in [1.82, 2.24) is 0 Å². The number of rotatable bonds is 5. The first-order chi connectivity index (χ1) is 11.5. The zero-order chi connectivity index (χ0) is 19.2. The van der Waals surface area contributed by atoms with Crippen LogP contribution in [0.25, 0.3) is 10.8 Å². The summed E-state index contributed by atoms with van der Waals surface area (Å²) in [5.41, 5.74) is 0.752.